The van der Waals surface area contributed by atoms with E-state index < -0.39 is 0 Å². The second kappa shape index (κ2) is 5.82. The van der Waals surface area contributed by atoms with Crippen LogP contribution in [0.5, 0.6) is 11.5 Å². The van der Waals surface area contributed by atoms with Crippen LogP contribution in [0.4, 0.5) is 4.39 Å². The average molecular weight is 375 g/mol. The third kappa shape index (κ3) is 3.10. The maximum atomic E-state index is 13.1. The van der Waals surface area contributed by atoms with Gasteiger partial charge in [-0.3, -0.25) is 0 Å². The van der Waals surface area contributed by atoms with Crippen LogP contribution in [0.1, 0.15) is 5.56 Å². The zero-order chi connectivity index (χ0) is 13.1. The lowest BCUT2D eigenvalue weighted by molar-refractivity contribution is 0.473. The van der Waals surface area contributed by atoms with Gasteiger partial charge in [0.15, 0.2) is 0 Å². The number of nitrogens with two attached hydrogens (primary N) is 1. The van der Waals surface area contributed by atoms with Crippen molar-refractivity contribution in [1.82, 2.24) is 0 Å². The Kier molecular flexibility index (Phi) is 4.37. The quantitative estimate of drug-likeness (QED) is 0.851. The minimum atomic E-state index is -0.342. The second-order valence-electron chi connectivity index (χ2n) is 3.63. The van der Waals surface area contributed by atoms with Gasteiger partial charge in [0.25, 0.3) is 0 Å². The van der Waals surface area contributed by atoms with Crippen LogP contribution in [0.25, 0.3) is 0 Å². The molecular weight excluding hydrogens is 365 g/mol. The molecule has 0 saturated carbocycles. The number of ether oxygens (including phenoxy) is 1. The fourth-order valence-corrected chi connectivity index (χ4v) is 2.29. The first-order valence-corrected chi connectivity index (χ1v) is 6.80. The smallest absolute Gasteiger partial charge is 0.144 e. The van der Waals surface area contributed by atoms with E-state index in [1.54, 1.807) is 18.2 Å². The largest absolute Gasteiger partial charge is 0.456 e. The molecule has 0 aliphatic rings. The van der Waals surface area contributed by atoms with Crippen LogP contribution in [-0.2, 0) is 6.54 Å². The summed E-state index contributed by atoms with van der Waals surface area (Å²) in [5.74, 6) is 0.707. The highest BCUT2D eigenvalue weighted by Crippen LogP contribution is 2.32. The zero-order valence-corrected chi connectivity index (χ0v) is 12.5. The maximum Gasteiger partial charge on any atom is 0.144 e. The summed E-state index contributed by atoms with van der Waals surface area (Å²) >= 11 is 6.72. The van der Waals surface area contributed by atoms with E-state index >= 15 is 0 Å². The Hall–Kier alpha value is -0.910. The van der Waals surface area contributed by atoms with E-state index in [1.807, 2.05) is 6.07 Å². The van der Waals surface area contributed by atoms with E-state index in [0.29, 0.717) is 22.5 Å². The van der Waals surface area contributed by atoms with Crippen molar-refractivity contribution in [3.8, 4) is 11.5 Å². The SMILES string of the molecule is NCc1ccc(Oc2cc(F)ccc2Br)cc1Br. The maximum absolute atomic E-state index is 13.1. The summed E-state index contributed by atoms with van der Waals surface area (Å²) in [5.41, 5.74) is 6.56. The molecule has 2 rings (SSSR count). The van der Waals surface area contributed by atoms with Crippen molar-refractivity contribution in [1.29, 1.82) is 0 Å². The number of benzene rings is 2. The van der Waals surface area contributed by atoms with E-state index in [0.717, 1.165) is 10.0 Å². The monoisotopic (exact) mass is 373 g/mol. The van der Waals surface area contributed by atoms with Gasteiger partial charge in [0, 0.05) is 17.1 Å². The third-order valence-corrected chi connectivity index (χ3v) is 3.76. The Labute approximate surface area is 121 Å². The summed E-state index contributed by atoms with van der Waals surface area (Å²) in [6.07, 6.45) is 0. The molecule has 2 nitrogen and oxygen atoms in total. The molecule has 0 bridgehead atoms. The zero-order valence-electron chi connectivity index (χ0n) is 9.29. The van der Waals surface area contributed by atoms with Crippen LogP contribution in [0.15, 0.2) is 45.3 Å². The molecule has 0 aromatic heterocycles. The summed E-state index contributed by atoms with van der Waals surface area (Å²) in [6, 6.07) is 9.77. The molecule has 0 amide bonds. The first-order chi connectivity index (χ1) is 8.60. The highest BCUT2D eigenvalue weighted by atomic mass is 79.9. The molecule has 0 saturated heterocycles. The van der Waals surface area contributed by atoms with Crippen LogP contribution in [0.2, 0.25) is 0 Å². The van der Waals surface area contributed by atoms with Gasteiger partial charge in [0.05, 0.1) is 4.47 Å². The van der Waals surface area contributed by atoms with Crippen LogP contribution in [0.3, 0.4) is 0 Å². The Bertz CT molecular complexity index is 575. The van der Waals surface area contributed by atoms with Crippen molar-refractivity contribution in [2.75, 3.05) is 0 Å². The fourth-order valence-electron chi connectivity index (χ4n) is 1.44. The van der Waals surface area contributed by atoms with E-state index in [9.17, 15) is 4.39 Å². The Balaban J connectivity index is 2.28. The number of halogens is 3. The van der Waals surface area contributed by atoms with Crippen molar-refractivity contribution < 1.29 is 9.13 Å². The van der Waals surface area contributed by atoms with Gasteiger partial charge in [0.2, 0.25) is 0 Å². The number of hydrogen-bond donors (Lipinski definition) is 1. The molecule has 2 N–H and O–H groups in total. The molecule has 2 aromatic rings. The van der Waals surface area contributed by atoms with Gasteiger partial charge in [-0.1, -0.05) is 22.0 Å². The van der Waals surface area contributed by atoms with E-state index in [1.165, 1.54) is 12.1 Å². The van der Waals surface area contributed by atoms with Crippen LogP contribution in [-0.4, -0.2) is 0 Å². The van der Waals surface area contributed by atoms with Crippen molar-refractivity contribution in [3.05, 3.63) is 56.7 Å². The average Bonchev–Trinajstić information content (AvgIpc) is 2.34. The van der Waals surface area contributed by atoms with Gasteiger partial charge in [-0.25, -0.2) is 4.39 Å². The molecule has 0 heterocycles. The molecule has 0 radical (unpaired) electrons. The van der Waals surface area contributed by atoms with E-state index in [4.69, 9.17) is 10.5 Å². The summed E-state index contributed by atoms with van der Waals surface area (Å²) < 4.78 is 20.3. The number of hydrogen-bond acceptors (Lipinski definition) is 2. The van der Waals surface area contributed by atoms with Crippen LogP contribution >= 0.6 is 31.9 Å². The number of rotatable bonds is 3. The summed E-state index contributed by atoms with van der Waals surface area (Å²) in [6.45, 7) is 0.449. The van der Waals surface area contributed by atoms with Crippen molar-refractivity contribution >= 4 is 31.9 Å². The normalized spacial score (nSPS) is 10.4. The fraction of sp³-hybridized carbons (Fsp3) is 0.0769. The van der Waals surface area contributed by atoms with Gasteiger partial charge in [0.1, 0.15) is 17.3 Å². The van der Waals surface area contributed by atoms with Crippen LogP contribution < -0.4 is 10.5 Å². The highest BCUT2D eigenvalue weighted by molar-refractivity contribution is 9.10. The topological polar surface area (TPSA) is 35.2 Å². The van der Waals surface area contributed by atoms with Crippen molar-refractivity contribution in [3.63, 3.8) is 0 Å². The lowest BCUT2D eigenvalue weighted by atomic mass is 10.2. The molecule has 0 spiro atoms. The first-order valence-electron chi connectivity index (χ1n) is 5.21. The second-order valence-corrected chi connectivity index (χ2v) is 5.34. The van der Waals surface area contributed by atoms with Gasteiger partial charge in [-0.05, 0) is 45.8 Å². The van der Waals surface area contributed by atoms with Gasteiger partial charge in [-0.15, -0.1) is 0 Å². The molecule has 0 fully saturated rings. The molecule has 18 heavy (non-hydrogen) atoms. The highest BCUT2D eigenvalue weighted by Gasteiger charge is 2.06. The lowest BCUT2D eigenvalue weighted by Gasteiger charge is -2.09. The van der Waals surface area contributed by atoms with Gasteiger partial charge in [-0.2, -0.15) is 0 Å². The minimum Gasteiger partial charge on any atom is -0.456 e. The van der Waals surface area contributed by atoms with Crippen LogP contribution in [0, 0.1) is 5.82 Å². The molecule has 0 aliphatic carbocycles. The Morgan fingerprint density at radius 2 is 1.83 bits per heavy atom. The molecule has 0 atom stereocenters. The van der Waals surface area contributed by atoms with Crippen molar-refractivity contribution in [2.24, 2.45) is 5.73 Å². The standard InChI is InChI=1S/C13H10Br2FNO/c14-11-4-2-9(16)5-13(11)18-10-3-1-8(7-17)12(15)6-10/h1-6H,7,17H2. The lowest BCUT2D eigenvalue weighted by Crippen LogP contribution is -1.97. The Morgan fingerprint density at radius 3 is 2.50 bits per heavy atom. The molecular formula is C13H10Br2FNO. The molecule has 94 valence electrons. The predicted molar refractivity (Wildman–Crippen MR) is 76.2 cm³/mol. The predicted octanol–water partition coefficient (Wildman–Crippen LogP) is 4.60. The van der Waals surface area contributed by atoms with E-state index in [2.05, 4.69) is 31.9 Å². The summed E-state index contributed by atoms with van der Waals surface area (Å²) in [5, 5.41) is 0. The van der Waals surface area contributed by atoms with Gasteiger partial charge < -0.3 is 10.5 Å². The molecule has 0 aliphatic heterocycles. The van der Waals surface area contributed by atoms with Crippen molar-refractivity contribution in [2.45, 2.75) is 6.54 Å². The molecule has 0 unspecified atom stereocenters. The third-order valence-electron chi connectivity index (χ3n) is 2.37. The summed E-state index contributed by atoms with van der Waals surface area (Å²) in [7, 11) is 0. The minimum absolute atomic E-state index is 0.342. The van der Waals surface area contributed by atoms with Gasteiger partial charge >= 0.3 is 0 Å². The molecule has 5 heteroatoms. The van der Waals surface area contributed by atoms with E-state index in [-0.39, 0.29) is 5.82 Å². The summed E-state index contributed by atoms with van der Waals surface area (Å²) in [4.78, 5) is 0. The first kappa shape index (κ1) is 13.5. The Morgan fingerprint density at radius 1 is 1.06 bits per heavy atom. The molecule has 2 aromatic carbocycles.